The molecule has 0 atom stereocenters. The van der Waals surface area contributed by atoms with Crippen LogP contribution in [0.4, 0.5) is 5.13 Å². The molecule has 1 N–H and O–H groups in total. The molecule has 1 aromatic carbocycles. The van der Waals surface area contributed by atoms with Gasteiger partial charge in [-0.15, -0.1) is 21.5 Å². The molecule has 11 nitrogen and oxygen atoms in total. The number of benzene rings is 1. The van der Waals surface area contributed by atoms with Crippen molar-refractivity contribution in [2.75, 3.05) is 25.1 Å². The lowest BCUT2D eigenvalue weighted by molar-refractivity contribution is -0.142. The number of anilines is 1. The molecule has 0 spiro atoms. The fraction of sp³-hybridized carbons (Fsp3) is 0.400. The number of hydrogen-bond acceptors (Lipinski definition) is 10. The van der Waals surface area contributed by atoms with Crippen LogP contribution in [0, 0.1) is 0 Å². The number of amides is 1. The summed E-state index contributed by atoms with van der Waals surface area (Å²) in [5.74, 6) is 0.870. The van der Waals surface area contributed by atoms with E-state index in [9.17, 15) is 9.59 Å². The largest absolute Gasteiger partial charge is 0.490 e. The Kier molecular flexibility index (Phi) is 8.08. The van der Waals surface area contributed by atoms with E-state index in [4.69, 9.17) is 14.2 Å². The first-order valence-corrected chi connectivity index (χ1v) is 10.9. The topological polar surface area (TPSA) is 130 Å². The molecule has 0 saturated heterocycles. The molecule has 0 bridgehead atoms. The number of thiazole rings is 1. The van der Waals surface area contributed by atoms with Crippen LogP contribution in [0.5, 0.6) is 11.5 Å². The molecule has 0 saturated carbocycles. The SMILES string of the molecule is CCOC(=O)Cc1cnc(NC(=O)Cn2nnc(-c3ccc(OCC)c(OCC)c3)n2)s1. The molecular formula is C20H24N6O5S. The number of esters is 1. The van der Waals surface area contributed by atoms with Crippen LogP contribution >= 0.6 is 11.3 Å². The van der Waals surface area contributed by atoms with Crippen molar-refractivity contribution >= 4 is 28.3 Å². The first kappa shape index (κ1) is 23.1. The second kappa shape index (κ2) is 11.2. The van der Waals surface area contributed by atoms with E-state index in [2.05, 4.69) is 25.7 Å². The zero-order chi connectivity index (χ0) is 22.9. The molecule has 0 aliphatic rings. The lowest BCUT2D eigenvalue weighted by atomic mass is 10.2. The number of tetrazole rings is 1. The van der Waals surface area contributed by atoms with Crippen LogP contribution < -0.4 is 14.8 Å². The monoisotopic (exact) mass is 460 g/mol. The Hall–Kier alpha value is -3.54. The van der Waals surface area contributed by atoms with Gasteiger partial charge in [0, 0.05) is 16.6 Å². The predicted octanol–water partition coefficient (Wildman–Crippen LogP) is 2.34. The molecule has 0 radical (unpaired) electrons. The maximum Gasteiger partial charge on any atom is 0.311 e. The molecule has 0 aliphatic heterocycles. The summed E-state index contributed by atoms with van der Waals surface area (Å²) in [7, 11) is 0. The van der Waals surface area contributed by atoms with E-state index in [0.29, 0.717) is 52.7 Å². The molecule has 12 heteroatoms. The summed E-state index contributed by atoms with van der Waals surface area (Å²) in [6.07, 6.45) is 1.64. The van der Waals surface area contributed by atoms with E-state index in [1.54, 1.807) is 25.1 Å². The minimum Gasteiger partial charge on any atom is -0.490 e. The number of ether oxygens (including phenoxy) is 3. The van der Waals surface area contributed by atoms with E-state index in [0.717, 1.165) is 0 Å². The van der Waals surface area contributed by atoms with Crippen LogP contribution in [0.25, 0.3) is 11.4 Å². The second-order valence-corrected chi connectivity index (χ2v) is 7.45. The first-order valence-electron chi connectivity index (χ1n) is 10.1. The van der Waals surface area contributed by atoms with Gasteiger partial charge in [-0.05, 0) is 44.2 Å². The van der Waals surface area contributed by atoms with Crippen molar-refractivity contribution in [2.24, 2.45) is 0 Å². The van der Waals surface area contributed by atoms with Crippen LogP contribution in [0.2, 0.25) is 0 Å². The Morgan fingerprint density at radius 3 is 2.62 bits per heavy atom. The van der Waals surface area contributed by atoms with E-state index < -0.39 is 0 Å². The van der Waals surface area contributed by atoms with Gasteiger partial charge < -0.3 is 19.5 Å². The van der Waals surface area contributed by atoms with Crippen LogP contribution in [-0.2, 0) is 27.3 Å². The highest BCUT2D eigenvalue weighted by atomic mass is 32.1. The Morgan fingerprint density at radius 2 is 1.88 bits per heavy atom. The highest BCUT2D eigenvalue weighted by Gasteiger charge is 2.14. The van der Waals surface area contributed by atoms with E-state index in [1.807, 2.05) is 13.8 Å². The molecule has 1 amide bonds. The maximum absolute atomic E-state index is 12.3. The smallest absolute Gasteiger partial charge is 0.311 e. The third-order valence-electron chi connectivity index (χ3n) is 3.96. The number of carbonyl (C=O) groups is 2. The highest BCUT2D eigenvalue weighted by molar-refractivity contribution is 7.15. The standard InChI is InChI=1S/C20H24N6O5S/c1-4-29-15-8-7-13(9-16(15)30-5-2)19-23-25-26(24-19)12-17(27)22-20-21-11-14(32-20)10-18(28)31-6-3/h7-9,11H,4-6,10,12H2,1-3H3,(H,21,22,27). The van der Waals surface area contributed by atoms with Gasteiger partial charge >= 0.3 is 5.97 Å². The average Bonchev–Trinajstić information content (AvgIpc) is 3.39. The summed E-state index contributed by atoms with van der Waals surface area (Å²) < 4.78 is 16.1. The fourth-order valence-corrected chi connectivity index (χ4v) is 3.52. The Balaban J connectivity index is 1.61. The Bertz CT molecular complexity index is 1070. The number of rotatable bonds is 11. The minimum absolute atomic E-state index is 0.112. The Labute approximate surface area is 188 Å². The van der Waals surface area contributed by atoms with Crippen molar-refractivity contribution in [3.8, 4) is 22.9 Å². The van der Waals surface area contributed by atoms with Gasteiger partial charge in [0.05, 0.1) is 26.2 Å². The van der Waals surface area contributed by atoms with Gasteiger partial charge in [-0.2, -0.15) is 4.80 Å². The quantitative estimate of drug-likeness (QED) is 0.428. The van der Waals surface area contributed by atoms with E-state index >= 15 is 0 Å². The summed E-state index contributed by atoms with van der Waals surface area (Å²) in [6.45, 7) is 6.71. The number of hydrogen-bond donors (Lipinski definition) is 1. The number of nitrogens with one attached hydrogen (secondary N) is 1. The van der Waals surface area contributed by atoms with Crippen molar-refractivity contribution in [2.45, 2.75) is 33.7 Å². The summed E-state index contributed by atoms with van der Waals surface area (Å²) in [5, 5.41) is 15.3. The zero-order valence-electron chi connectivity index (χ0n) is 18.0. The van der Waals surface area contributed by atoms with Crippen LogP contribution in [0.15, 0.2) is 24.4 Å². The van der Waals surface area contributed by atoms with Gasteiger partial charge in [0.2, 0.25) is 11.7 Å². The lowest BCUT2D eigenvalue weighted by Crippen LogP contribution is -2.20. The summed E-state index contributed by atoms with van der Waals surface area (Å²) in [6, 6.07) is 5.36. The third kappa shape index (κ3) is 6.23. The third-order valence-corrected chi connectivity index (χ3v) is 4.88. The molecule has 3 aromatic rings. The summed E-state index contributed by atoms with van der Waals surface area (Å²) in [5.41, 5.74) is 0.687. The van der Waals surface area contributed by atoms with Crippen molar-refractivity contribution in [1.29, 1.82) is 0 Å². The fourth-order valence-electron chi connectivity index (χ4n) is 2.70. The van der Waals surface area contributed by atoms with Crippen molar-refractivity contribution in [3.05, 3.63) is 29.3 Å². The van der Waals surface area contributed by atoms with Gasteiger partial charge in [0.25, 0.3) is 0 Å². The van der Waals surface area contributed by atoms with Crippen molar-refractivity contribution in [3.63, 3.8) is 0 Å². The molecule has 2 aromatic heterocycles. The van der Waals surface area contributed by atoms with E-state index in [1.165, 1.54) is 22.3 Å². The highest BCUT2D eigenvalue weighted by Crippen LogP contribution is 2.31. The van der Waals surface area contributed by atoms with Crippen LogP contribution in [-0.4, -0.2) is 56.9 Å². The van der Waals surface area contributed by atoms with Crippen molar-refractivity contribution in [1.82, 2.24) is 25.2 Å². The summed E-state index contributed by atoms with van der Waals surface area (Å²) >= 11 is 1.20. The average molecular weight is 461 g/mol. The van der Waals surface area contributed by atoms with Gasteiger partial charge in [0.15, 0.2) is 16.6 Å². The van der Waals surface area contributed by atoms with Crippen LogP contribution in [0.3, 0.4) is 0 Å². The molecule has 32 heavy (non-hydrogen) atoms. The van der Waals surface area contributed by atoms with Gasteiger partial charge in [0.1, 0.15) is 6.54 Å². The number of aromatic nitrogens is 5. The maximum atomic E-state index is 12.3. The predicted molar refractivity (Wildman–Crippen MR) is 117 cm³/mol. The van der Waals surface area contributed by atoms with Gasteiger partial charge in [-0.1, -0.05) is 0 Å². The van der Waals surface area contributed by atoms with Crippen LogP contribution in [0.1, 0.15) is 25.6 Å². The second-order valence-electron chi connectivity index (χ2n) is 6.33. The Morgan fingerprint density at radius 1 is 1.09 bits per heavy atom. The molecule has 170 valence electrons. The van der Waals surface area contributed by atoms with E-state index in [-0.39, 0.29) is 24.8 Å². The normalized spacial score (nSPS) is 10.6. The van der Waals surface area contributed by atoms with Gasteiger partial charge in [-0.3, -0.25) is 9.59 Å². The molecule has 0 fully saturated rings. The summed E-state index contributed by atoms with van der Waals surface area (Å²) in [4.78, 5) is 29.8. The lowest BCUT2D eigenvalue weighted by Gasteiger charge is -2.11. The zero-order valence-corrected chi connectivity index (χ0v) is 18.8. The molecule has 0 aliphatic carbocycles. The number of nitrogens with zero attached hydrogens (tertiary/aromatic N) is 5. The minimum atomic E-state index is -0.368. The molecule has 3 rings (SSSR count). The molecule has 2 heterocycles. The number of carbonyl (C=O) groups excluding carboxylic acids is 2. The molecular weight excluding hydrogens is 436 g/mol. The molecule has 0 unspecified atom stereocenters. The van der Waals surface area contributed by atoms with Gasteiger partial charge in [-0.25, -0.2) is 4.98 Å². The van der Waals surface area contributed by atoms with Crippen molar-refractivity contribution < 1.29 is 23.8 Å². The first-order chi connectivity index (χ1) is 15.5.